The number of carbonyl (C=O) groups is 2. The van der Waals surface area contributed by atoms with Crippen molar-refractivity contribution in [1.82, 2.24) is 0 Å². The summed E-state index contributed by atoms with van der Waals surface area (Å²) < 4.78 is 20.0. The fourth-order valence-electron chi connectivity index (χ4n) is 3.87. The van der Waals surface area contributed by atoms with Gasteiger partial charge in [-0.1, -0.05) is 48.0 Å². The van der Waals surface area contributed by atoms with E-state index in [1.807, 2.05) is 0 Å². The molecule has 1 heterocycles. The molecule has 0 radical (unpaired) electrons. The standard InChI is InChI=1S/C25H19ClFNO4/c1-14-7-3-6-10-19(14)28-22(16-8-4-5-9-18(16)27)21(24(30)25(28)31)23(29)15-11-12-20(32-2)17(26)13-15/h3-13,22,29H,1-2H3/b23-21+. The second-order valence-electron chi connectivity index (χ2n) is 7.33. The van der Waals surface area contributed by atoms with Crippen LogP contribution in [-0.2, 0) is 9.59 Å². The van der Waals surface area contributed by atoms with Crippen molar-refractivity contribution in [3.63, 3.8) is 0 Å². The third-order valence-electron chi connectivity index (χ3n) is 5.44. The van der Waals surface area contributed by atoms with Crippen molar-refractivity contribution in [2.24, 2.45) is 0 Å². The monoisotopic (exact) mass is 451 g/mol. The molecular formula is C25H19ClFNO4. The Balaban J connectivity index is 1.98. The lowest BCUT2D eigenvalue weighted by molar-refractivity contribution is -0.132. The molecule has 1 atom stereocenters. The number of methoxy groups -OCH3 is 1. The number of ketones is 1. The Kier molecular flexibility index (Phi) is 5.72. The number of amides is 1. The quantitative estimate of drug-likeness (QED) is 0.326. The second kappa shape index (κ2) is 8.48. The summed E-state index contributed by atoms with van der Waals surface area (Å²) in [6.45, 7) is 1.79. The van der Waals surface area contributed by atoms with Crippen LogP contribution in [0.5, 0.6) is 5.75 Å². The summed E-state index contributed by atoms with van der Waals surface area (Å²) >= 11 is 6.19. The molecule has 0 aliphatic carbocycles. The van der Waals surface area contributed by atoms with Crippen molar-refractivity contribution < 1.29 is 23.8 Å². The first-order valence-electron chi connectivity index (χ1n) is 9.80. The van der Waals surface area contributed by atoms with Gasteiger partial charge in [0.05, 0.1) is 23.7 Å². The van der Waals surface area contributed by atoms with E-state index in [0.717, 1.165) is 5.56 Å². The van der Waals surface area contributed by atoms with Gasteiger partial charge in [-0.2, -0.15) is 0 Å². The predicted octanol–water partition coefficient (Wildman–Crippen LogP) is 5.42. The molecule has 0 aromatic heterocycles. The number of hydrogen-bond donors (Lipinski definition) is 1. The Hall–Kier alpha value is -3.64. The van der Waals surface area contributed by atoms with Crippen molar-refractivity contribution in [1.29, 1.82) is 0 Å². The third kappa shape index (κ3) is 3.52. The number of aryl methyl sites for hydroxylation is 1. The van der Waals surface area contributed by atoms with E-state index >= 15 is 0 Å². The van der Waals surface area contributed by atoms with Crippen LogP contribution in [-0.4, -0.2) is 23.9 Å². The van der Waals surface area contributed by atoms with Crippen molar-refractivity contribution in [2.75, 3.05) is 12.0 Å². The van der Waals surface area contributed by atoms with Gasteiger partial charge in [-0.05, 0) is 42.8 Å². The Morgan fingerprint density at radius 3 is 2.41 bits per heavy atom. The number of anilines is 1. The molecule has 3 aromatic rings. The number of para-hydroxylation sites is 1. The maximum absolute atomic E-state index is 14.9. The molecule has 7 heteroatoms. The van der Waals surface area contributed by atoms with Gasteiger partial charge in [0.25, 0.3) is 11.7 Å². The number of carbonyl (C=O) groups excluding carboxylic acids is 2. The van der Waals surface area contributed by atoms with Crippen LogP contribution in [0.25, 0.3) is 5.76 Å². The van der Waals surface area contributed by atoms with E-state index in [1.165, 1.54) is 48.4 Å². The Bertz CT molecular complexity index is 1270. The van der Waals surface area contributed by atoms with Gasteiger partial charge in [0, 0.05) is 16.8 Å². The summed E-state index contributed by atoms with van der Waals surface area (Å²) in [6.07, 6.45) is 0. The van der Waals surface area contributed by atoms with Gasteiger partial charge in [0.2, 0.25) is 0 Å². The largest absolute Gasteiger partial charge is 0.507 e. The summed E-state index contributed by atoms with van der Waals surface area (Å²) in [7, 11) is 1.45. The summed E-state index contributed by atoms with van der Waals surface area (Å²) in [4.78, 5) is 27.5. The van der Waals surface area contributed by atoms with Crippen molar-refractivity contribution >= 4 is 34.7 Å². The molecule has 1 aliphatic rings. The van der Waals surface area contributed by atoms with E-state index in [-0.39, 0.29) is 21.7 Å². The van der Waals surface area contributed by atoms with Gasteiger partial charge in [-0.3, -0.25) is 14.5 Å². The average molecular weight is 452 g/mol. The van der Waals surface area contributed by atoms with Crippen molar-refractivity contribution in [2.45, 2.75) is 13.0 Å². The first kappa shape index (κ1) is 21.6. The zero-order valence-corrected chi connectivity index (χ0v) is 18.1. The van der Waals surface area contributed by atoms with Crippen LogP contribution in [0.2, 0.25) is 5.02 Å². The topological polar surface area (TPSA) is 66.8 Å². The van der Waals surface area contributed by atoms with Gasteiger partial charge in [0.1, 0.15) is 17.3 Å². The maximum Gasteiger partial charge on any atom is 0.300 e. The van der Waals surface area contributed by atoms with Crippen LogP contribution in [0.3, 0.4) is 0 Å². The molecule has 1 unspecified atom stereocenters. The van der Waals surface area contributed by atoms with Crippen LogP contribution in [0.15, 0.2) is 72.3 Å². The normalized spacial score (nSPS) is 17.6. The van der Waals surface area contributed by atoms with Gasteiger partial charge in [-0.15, -0.1) is 0 Å². The summed E-state index contributed by atoms with van der Waals surface area (Å²) in [5.41, 5.74) is 1.26. The number of aliphatic hydroxyl groups excluding tert-OH is 1. The number of benzene rings is 3. The van der Waals surface area contributed by atoms with Crippen LogP contribution in [0.4, 0.5) is 10.1 Å². The highest BCUT2D eigenvalue weighted by Gasteiger charge is 2.48. The van der Waals surface area contributed by atoms with Crippen LogP contribution < -0.4 is 9.64 Å². The molecule has 1 amide bonds. The van der Waals surface area contributed by atoms with Crippen molar-refractivity contribution in [3.8, 4) is 5.75 Å². The number of rotatable bonds is 4. The van der Waals surface area contributed by atoms with E-state index in [0.29, 0.717) is 11.4 Å². The minimum atomic E-state index is -1.15. The Labute approximate surface area is 189 Å². The minimum absolute atomic E-state index is 0.0936. The molecule has 1 aliphatic heterocycles. The number of hydrogen-bond acceptors (Lipinski definition) is 4. The molecular weight excluding hydrogens is 433 g/mol. The average Bonchev–Trinajstić information content (AvgIpc) is 3.04. The highest BCUT2D eigenvalue weighted by Crippen LogP contribution is 2.44. The van der Waals surface area contributed by atoms with Gasteiger partial charge in [0.15, 0.2) is 0 Å². The first-order chi connectivity index (χ1) is 15.3. The lowest BCUT2D eigenvalue weighted by atomic mass is 9.94. The van der Waals surface area contributed by atoms with E-state index in [4.69, 9.17) is 16.3 Å². The van der Waals surface area contributed by atoms with Gasteiger partial charge in [-0.25, -0.2) is 4.39 Å². The Morgan fingerprint density at radius 2 is 1.75 bits per heavy atom. The van der Waals surface area contributed by atoms with Gasteiger partial charge < -0.3 is 9.84 Å². The number of Topliss-reactive ketones (excluding diaryl/α,β-unsaturated/α-hetero) is 1. The van der Waals surface area contributed by atoms with E-state index in [2.05, 4.69) is 0 Å². The van der Waals surface area contributed by atoms with E-state index < -0.39 is 29.3 Å². The number of aliphatic hydroxyl groups is 1. The number of halogens is 2. The lowest BCUT2D eigenvalue weighted by Crippen LogP contribution is -2.30. The minimum Gasteiger partial charge on any atom is -0.507 e. The molecule has 1 fully saturated rings. The number of ether oxygens (including phenoxy) is 1. The summed E-state index contributed by atoms with van der Waals surface area (Å²) in [5.74, 6) is -2.43. The molecule has 5 nitrogen and oxygen atoms in total. The predicted molar refractivity (Wildman–Crippen MR) is 120 cm³/mol. The molecule has 32 heavy (non-hydrogen) atoms. The van der Waals surface area contributed by atoms with E-state index in [1.54, 1.807) is 37.3 Å². The highest BCUT2D eigenvalue weighted by atomic mass is 35.5. The Morgan fingerprint density at radius 1 is 1.06 bits per heavy atom. The molecule has 162 valence electrons. The van der Waals surface area contributed by atoms with Gasteiger partial charge >= 0.3 is 0 Å². The number of nitrogens with zero attached hydrogens (tertiary/aromatic N) is 1. The highest BCUT2D eigenvalue weighted by molar-refractivity contribution is 6.51. The van der Waals surface area contributed by atoms with Crippen LogP contribution in [0.1, 0.15) is 22.7 Å². The molecule has 4 rings (SSSR count). The smallest absolute Gasteiger partial charge is 0.300 e. The van der Waals surface area contributed by atoms with Crippen LogP contribution in [0, 0.1) is 12.7 Å². The van der Waals surface area contributed by atoms with E-state index in [9.17, 15) is 19.1 Å². The van der Waals surface area contributed by atoms with Crippen molar-refractivity contribution in [3.05, 3.63) is 99.8 Å². The SMILES string of the molecule is COc1ccc(/C(O)=C2\C(=O)C(=O)N(c3ccccc3C)C2c2ccccc2F)cc1Cl. The molecule has 0 bridgehead atoms. The zero-order chi connectivity index (χ0) is 23.0. The molecule has 1 N–H and O–H groups in total. The third-order valence-corrected chi connectivity index (χ3v) is 5.74. The fraction of sp³-hybridized carbons (Fsp3) is 0.120. The molecule has 3 aromatic carbocycles. The molecule has 0 spiro atoms. The first-order valence-corrected chi connectivity index (χ1v) is 10.2. The fourth-order valence-corrected chi connectivity index (χ4v) is 4.13. The maximum atomic E-state index is 14.9. The second-order valence-corrected chi connectivity index (χ2v) is 7.73. The molecule has 0 saturated carbocycles. The van der Waals surface area contributed by atoms with Crippen LogP contribution >= 0.6 is 11.6 Å². The summed E-state index contributed by atoms with van der Waals surface area (Å²) in [6, 6.07) is 16.2. The summed E-state index contributed by atoms with van der Waals surface area (Å²) in [5, 5.41) is 11.3. The zero-order valence-electron chi connectivity index (χ0n) is 17.3. The molecule has 1 saturated heterocycles. The lowest BCUT2D eigenvalue weighted by Gasteiger charge is -2.27.